The van der Waals surface area contributed by atoms with Crippen LogP contribution in [-0.2, 0) is 22.6 Å². The lowest BCUT2D eigenvalue weighted by Gasteiger charge is -2.05. The zero-order chi connectivity index (χ0) is 14.4. The van der Waals surface area contributed by atoms with Crippen LogP contribution in [0.25, 0.3) is 11.4 Å². The topological polar surface area (TPSA) is 52.1 Å². The molecule has 0 atom stereocenters. The molecule has 0 saturated carbocycles. The first-order valence-electron chi connectivity index (χ1n) is 6.42. The van der Waals surface area contributed by atoms with Crippen LogP contribution in [0.15, 0.2) is 49.3 Å². The third-order valence-corrected chi connectivity index (χ3v) is 2.87. The Morgan fingerprint density at radius 2 is 1.80 bits per heavy atom. The van der Waals surface area contributed by atoms with Gasteiger partial charge in [0.2, 0.25) is 0 Å². The van der Waals surface area contributed by atoms with Gasteiger partial charge in [-0.05, 0) is 41.8 Å². The monoisotopic (exact) mass is 268 g/mol. The first-order valence-corrected chi connectivity index (χ1v) is 6.42. The van der Waals surface area contributed by atoms with Crippen LogP contribution in [0.1, 0.15) is 18.1 Å². The van der Waals surface area contributed by atoms with Crippen molar-refractivity contribution in [2.24, 2.45) is 0 Å². The van der Waals surface area contributed by atoms with E-state index in [2.05, 4.69) is 23.5 Å². The molecule has 102 valence electrons. The van der Waals surface area contributed by atoms with Gasteiger partial charge in [-0.25, -0.2) is 4.79 Å². The summed E-state index contributed by atoms with van der Waals surface area (Å²) in [5.74, 6) is -0.436. The van der Waals surface area contributed by atoms with Crippen molar-refractivity contribution in [1.29, 1.82) is 0 Å². The second-order valence-electron chi connectivity index (χ2n) is 4.26. The van der Waals surface area contributed by atoms with Crippen LogP contribution in [0.5, 0.6) is 0 Å². The summed E-state index contributed by atoms with van der Waals surface area (Å²) in [5.41, 5.74) is 3.67. The zero-order valence-electron chi connectivity index (χ0n) is 11.4. The van der Waals surface area contributed by atoms with Crippen molar-refractivity contribution in [2.75, 3.05) is 0 Å². The summed E-state index contributed by atoms with van der Waals surface area (Å²) in [6, 6.07) is 7.68. The van der Waals surface area contributed by atoms with E-state index in [9.17, 15) is 4.79 Å². The first-order chi connectivity index (χ1) is 9.72. The standard InChI is InChI=1S/C16H16N2O2/c1-3-12-5-7-17-14(9-12)15-10-13(6-8-18-15)11-20-16(19)4-2/h4-10H,2-3,11H2,1H3. The van der Waals surface area contributed by atoms with Crippen molar-refractivity contribution in [2.45, 2.75) is 20.0 Å². The number of ether oxygens (including phenoxy) is 1. The van der Waals surface area contributed by atoms with Gasteiger partial charge in [-0.15, -0.1) is 0 Å². The van der Waals surface area contributed by atoms with Crippen LogP contribution in [-0.4, -0.2) is 15.9 Å². The summed E-state index contributed by atoms with van der Waals surface area (Å²) < 4.78 is 5.01. The zero-order valence-corrected chi connectivity index (χ0v) is 11.4. The summed E-state index contributed by atoms with van der Waals surface area (Å²) in [5, 5.41) is 0. The molecular formula is C16H16N2O2. The van der Waals surface area contributed by atoms with E-state index in [1.807, 2.05) is 24.3 Å². The maximum Gasteiger partial charge on any atom is 0.330 e. The Hall–Kier alpha value is -2.49. The molecule has 0 aromatic carbocycles. The molecule has 0 radical (unpaired) electrons. The molecule has 2 rings (SSSR count). The highest BCUT2D eigenvalue weighted by atomic mass is 16.5. The van der Waals surface area contributed by atoms with Gasteiger partial charge in [-0.1, -0.05) is 13.5 Å². The van der Waals surface area contributed by atoms with Crippen LogP contribution in [0.3, 0.4) is 0 Å². The Kier molecular flexibility index (Phi) is 4.60. The number of aromatic nitrogens is 2. The molecule has 0 aliphatic heterocycles. The second kappa shape index (κ2) is 6.61. The normalized spacial score (nSPS) is 10.1. The van der Waals surface area contributed by atoms with Gasteiger partial charge < -0.3 is 4.74 Å². The predicted octanol–water partition coefficient (Wildman–Crippen LogP) is 2.94. The molecule has 2 heterocycles. The highest BCUT2D eigenvalue weighted by Crippen LogP contribution is 2.17. The molecule has 0 N–H and O–H groups in total. The molecule has 4 nitrogen and oxygen atoms in total. The van der Waals surface area contributed by atoms with Gasteiger partial charge in [0.1, 0.15) is 6.61 Å². The van der Waals surface area contributed by atoms with Crippen molar-refractivity contribution in [1.82, 2.24) is 9.97 Å². The van der Waals surface area contributed by atoms with Crippen molar-refractivity contribution in [3.8, 4) is 11.4 Å². The van der Waals surface area contributed by atoms with Crippen molar-refractivity contribution >= 4 is 5.97 Å². The summed E-state index contributed by atoms with van der Waals surface area (Å²) >= 11 is 0. The maximum atomic E-state index is 11.1. The number of aryl methyl sites for hydroxylation is 1. The summed E-state index contributed by atoms with van der Waals surface area (Å²) in [6.45, 7) is 5.66. The van der Waals surface area contributed by atoms with E-state index in [0.717, 1.165) is 29.4 Å². The molecule has 0 spiro atoms. The quantitative estimate of drug-likeness (QED) is 0.618. The van der Waals surface area contributed by atoms with E-state index in [4.69, 9.17) is 4.74 Å². The number of rotatable bonds is 5. The van der Waals surface area contributed by atoms with Crippen LogP contribution in [0.2, 0.25) is 0 Å². The van der Waals surface area contributed by atoms with Crippen LogP contribution in [0, 0.1) is 0 Å². The molecule has 0 amide bonds. The number of nitrogens with zero attached hydrogens (tertiary/aromatic N) is 2. The number of pyridine rings is 2. The number of hydrogen-bond acceptors (Lipinski definition) is 4. The van der Waals surface area contributed by atoms with E-state index in [1.165, 1.54) is 5.56 Å². The maximum absolute atomic E-state index is 11.1. The molecule has 0 bridgehead atoms. The minimum Gasteiger partial charge on any atom is -0.458 e. The van der Waals surface area contributed by atoms with Crippen molar-refractivity contribution in [3.05, 3.63) is 60.4 Å². The van der Waals surface area contributed by atoms with E-state index >= 15 is 0 Å². The smallest absolute Gasteiger partial charge is 0.330 e. The van der Waals surface area contributed by atoms with E-state index in [-0.39, 0.29) is 6.61 Å². The fourth-order valence-electron chi connectivity index (χ4n) is 1.75. The molecule has 0 unspecified atom stereocenters. The summed E-state index contributed by atoms with van der Waals surface area (Å²) in [6.07, 6.45) is 5.56. The van der Waals surface area contributed by atoms with Gasteiger partial charge in [0.15, 0.2) is 0 Å². The van der Waals surface area contributed by atoms with Gasteiger partial charge in [-0.3, -0.25) is 9.97 Å². The van der Waals surface area contributed by atoms with Crippen LogP contribution in [0.4, 0.5) is 0 Å². The Morgan fingerprint density at radius 3 is 2.40 bits per heavy atom. The molecule has 0 aliphatic carbocycles. The Balaban J connectivity index is 2.20. The van der Waals surface area contributed by atoms with E-state index in [0.29, 0.717) is 0 Å². The van der Waals surface area contributed by atoms with Crippen LogP contribution < -0.4 is 0 Å². The van der Waals surface area contributed by atoms with E-state index in [1.54, 1.807) is 12.4 Å². The average molecular weight is 268 g/mol. The molecule has 2 aromatic heterocycles. The first kappa shape index (κ1) is 13.9. The molecule has 0 fully saturated rings. The Labute approximate surface area is 118 Å². The van der Waals surface area contributed by atoms with Gasteiger partial charge >= 0.3 is 5.97 Å². The van der Waals surface area contributed by atoms with E-state index < -0.39 is 5.97 Å². The largest absolute Gasteiger partial charge is 0.458 e. The minimum absolute atomic E-state index is 0.202. The van der Waals surface area contributed by atoms with Crippen LogP contribution >= 0.6 is 0 Å². The highest BCUT2D eigenvalue weighted by Gasteiger charge is 2.04. The van der Waals surface area contributed by atoms with Gasteiger partial charge in [-0.2, -0.15) is 0 Å². The third-order valence-electron chi connectivity index (χ3n) is 2.87. The minimum atomic E-state index is -0.436. The molecule has 20 heavy (non-hydrogen) atoms. The van der Waals surface area contributed by atoms with Gasteiger partial charge in [0.05, 0.1) is 11.4 Å². The molecule has 4 heteroatoms. The predicted molar refractivity (Wildman–Crippen MR) is 76.8 cm³/mol. The SMILES string of the molecule is C=CC(=O)OCc1ccnc(-c2cc(CC)ccn2)c1. The number of hydrogen-bond donors (Lipinski definition) is 0. The average Bonchev–Trinajstić information content (AvgIpc) is 2.53. The summed E-state index contributed by atoms with van der Waals surface area (Å²) in [7, 11) is 0. The number of esters is 1. The fourth-order valence-corrected chi connectivity index (χ4v) is 1.75. The summed E-state index contributed by atoms with van der Waals surface area (Å²) in [4.78, 5) is 19.7. The lowest BCUT2D eigenvalue weighted by molar-refractivity contribution is -0.138. The number of carbonyl (C=O) groups excluding carboxylic acids is 1. The lowest BCUT2D eigenvalue weighted by Crippen LogP contribution is -2.00. The van der Waals surface area contributed by atoms with Gasteiger partial charge in [0, 0.05) is 18.5 Å². The molecule has 2 aromatic rings. The Bertz CT molecular complexity index is 623. The van der Waals surface area contributed by atoms with Crippen molar-refractivity contribution in [3.63, 3.8) is 0 Å². The second-order valence-corrected chi connectivity index (χ2v) is 4.26. The highest BCUT2D eigenvalue weighted by molar-refractivity contribution is 5.81. The van der Waals surface area contributed by atoms with Crippen molar-refractivity contribution < 1.29 is 9.53 Å². The van der Waals surface area contributed by atoms with Gasteiger partial charge in [0.25, 0.3) is 0 Å². The molecule has 0 aliphatic rings. The Morgan fingerprint density at radius 1 is 1.20 bits per heavy atom. The third kappa shape index (κ3) is 3.51. The lowest BCUT2D eigenvalue weighted by atomic mass is 10.1. The molecule has 0 saturated heterocycles. The molecular weight excluding hydrogens is 252 g/mol. The fraction of sp³-hybridized carbons (Fsp3) is 0.188. The number of carbonyl (C=O) groups is 1.